The quantitative estimate of drug-likeness (QED) is 0.671. The molecule has 0 unspecified atom stereocenters. The van der Waals surface area contributed by atoms with Crippen molar-refractivity contribution in [1.82, 2.24) is 5.32 Å². The smallest absolute Gasteiger partial charge is 0.257 e. The van der Waals surface area contributed by atoms with Crippen LogP contribution in [0, 0.1) is 0 Å². The zero-order valence-electron chi connectivity index (χ0n) is 11.5. The lowest BCUT2D eigenvalue weighted by Gasteiger charge is -2.08. The van der Waals surface area contributed by atoms with Crippen molar-refractivity contribution in [2.45, 2.75) is 32.6 Å². The Labute approximate surface area is 114 Å². The number of hydrogen-bond acceptors (Lipinski definition) is 3. The molecule has 0 aliphatic carbocycles. The van der Waals surface area contributed by atoms with E-state index in [1.54, 1.807) is 0 Å². The molecule has 0 aliphatic heterocycles. The Bertz CT molecular complexity index is 379. The average molecular weight is 265 g/mol. The number of aliphatic hydroxyl groups is 1. The van der Waals surface area contributed by atoms with E-state index >= 15 is 0 Å². The molecule has 0 saturated carbocycles. The molecule has 106 valence electrons. The number of amides is 1. The fourth-order valence-corrected chi connectivity index (χ4v) is 1.70. The molecule has 0 radical (unpaired) electrons. The summed E-state index contributed by atoms with van der Waals surface area (Å²) in [5.41, 5.74) is 1.20. The van der Waals surface area contributed by atoms with Gasteiger partial charge in [-0.15, -0.1) is 0 Å². The van der Waals surface area contributed by atoms with Gasteiger partial charge in [0.05, 0.1) is 0 Å². The van der Waals surface area contributed by atoms with Crippen molar-refractivity contribution in [1.29, 1.82) is 0 Å². The highest BCUT2D eigenvalue weighted by Gasteiger charge is 2.02. The summed E-state index contributed by atoms with van der Waals surface area (Å²) in [6.07, 6.45) is 3.55. The average Bonchev–Trinajstić information content (AvgIpc) is 2.45. The Morgan fingerprint density at radius 1 is 1.32 bits per heavy atom. The van der Waals surface area contributed by atoms with Crippen LogP contribution in [0.4, 0.5) is 0 Å². The number of unbranched alkanes of at least 4 members (excludes halogenated alkanes) is 2. The minimum atomic E-state index is -0.106. The van der Waals surface area contributed by atoms with Crippen LogP contribution in [0.15, 0.2) is 24.3 Å². The van der Waals surface area contributed by atoms with Gasteiger partial charge in [-0.25, -0.2) is 0 Å². The van der Waals surface area contributed by atoms with Crippen LogP contribution in [-0.2, 0) is 11.2 Å². The van der Waals surface area contributed by atoms with Crippen LogP contribution in [0.1, 0.15) is 31.7 Å². The number of hydrogen-bond donors (Lipinski definition) is 2. The second kappa shape index (κ2) is 9.39. The Morgan fingerprint density at radius 2 is 2.16 bits per heavy atom. The number of carbonyl (C=O) groups is 1. The van der Waals surface area contributed by atoms with E-state index in [4.69, 9.17) is 9.84 Å². The third kappa shape index (κ3) is 6.82. The summed E-state index contributed by atoms with van der Waals surface area (Å²) >= 11 is 0. The van der Waals surface area contributed by atoms with E-state index in [1.807, 2.05) is 24.3 Å². The lowest BCUT2D eigenvalue weighted by Crippen LogP contribution is -2.29. The van der Waals surface area contributed by atoms with Crippen molar-refractivity contribution in [3.8, 4) is 5.75 Å². The molecule has 1 aromatic carbocycles. The highest BCUT2D eigenvalue weighted by atomic mass is 16.5. The predicted molar refractivity (Wildman–Crippen MR) is 75.3 cm³/mol. The maximum absolute atomic E-state index is 11.5. The molecule has 1 amide bonds. The zero-order valence-corrected chi connectivity index (χ0v) is 11.5. The van der Waals surface area contributed by atoms with Gasteiger partial charge in [-0.05, 0) is 43.4 Å². The van der Waals surface area contributed by atoms with Crippen LogP contribution in [0.2, 0.25) is 0 Å². The number of nitrogens with one attached hydrogen (secondary N) is 1. The fourth-order valence-electron chi connectivity index (χ4n) is 1.70. The number of rotatable bonds is 9. The van der Waals surface area contributed by atoms with E-state index < -0.39 is 0 Å². The molecule has 0 bridgehead atoms. The second-order valence-electron chi connectivity index (χ2n) is 4.42. The fraction of sp³-hybridized carbons (Fsp3) is 0.533. The monoisotopic (exact) mass is 265 g/mol. The largest absolute Gasteiger partial charge is 0.484 e. The van der Waals surface area contributed by atoms with Gasteiger partial charge in [-0.3, -0.25) is 4.79 Å². The molecule has 0 aromatic heterocycles. The van der Waals surface area contributed by atoms with Crippen molar-refractivity contribution in [2.24, 2.45) is 0 Å². The SMILES string of the molecule is CCc1cccc(OCC(=O)NCCCCCO)c1. The Kier molecular flexibility index (Phi) is 7.66. The lowest BCUT2D eigenvalue weighted by atomic mass is 10.2. The van der Waals surface area contributed by atoms with Gasteiger partial charge >= 0.3 is 0 Å². The van der Waals surface area contributed by atoms with E-state index in [9.17, 15) is 4.79 Å². The van der Waals surface area contributed by atoms with E-state index in [2.05, 4.69) is 12.2 Å². The van der Waals surface area contributed by atoms with Crippen LogP contribution in [-0.4, -0.2) is 30.8 Å². The Hall–Kier alpha value is -1.55. The molecule has 4 nitrogen and oxygen atoms in total. The van der Waals surface area contributed by atoms with E-state index in [0.717, 1.165) is 31.4 Å². The van der Waals surface area contributed by atoms with Crippen molar-refractivity contribution in [3.05, 3.63) is 29.8 Å². The summed E-state index contributed by atoms with van der Waals surface area (Å²) in [4.78, 5) is 11.5. The Balaban J connectivity index is 2.18. The number of ether oxygens (including phenoxy) is 1. The summed E-state index contributed by atoms with van der Waals surface area (Å²) in [6.45, 7) is 2.98. The first-order valence-electron chi connectivity index (χ1n) is 6.85. The third-order valence-electron chi connectivity index (χ3n) is 2.83. The van der Waals surface area contributed by atoms with Crippen molar-refractivity contribution < 1.29 is 14.6 Å². The van der Waals surface area contributed by atoms with E-state index in [-0.39, 0.29) is 19.1 Å². The van der Waals surface area contributed by atoms with Gasteiger partial charge in [0.1, 0.15) is 5.75 Å². The standard InChI is InChI=1S/C15H23NO3/c1-2-13-7-6-8-14(11-13)19-12-15(18)16-9-4-3-5-10-17/h6-8,11,17H,2-5,9-10,12H2,1H3,(H,16,18). The minimum absolute atomic E-state index is 0.0488. The normalized spacial score (nSPS) is 10.2. The molecule has 0 spiro atoms. The summed E-state index contributed by atoms with van der Waals surface area (Å²) in [6, 6.07) is 7.78. The second-order valence-corrected chi connectivity index (χ2v) is 4.42. The molecule has 0 heterocycles. The highest BCUT2D eigenvalue weighted by molar-refractivity contribution is 5.77. The lowest BCUT2D eigenvalue weighted by molar-refractivity contribution is -0.123. The zero-order chi connectivity index (χ0) is 13.9. The van der Waals surface area contributed by atoms with Crippen molar-refractivity contribution in [3.63, 3.8) is 0 Å². The molecule has 1 rings (SSSR count). The van der Waals surface area contributed by atoms with Gasteiger partial charge in [0.15, 0.2) is 6.61 Å². The van der Waals surface area contributed by atoms with E-state index in [1.165, 1.54) is 5.56 Å². The predicted octanol–water partition coefficient (Wildman–Crippen LogP) is 1.91. The highest BCUT2D eigenvalue weighted by Crippen LogP contribution is 2.13. The van der Waals surface area contributed by atoms with Gasteiger partial charge in [0.2, 0.25) is 0 Å². The summed E-state index contributed by atoms with van der Waals surface area (Å²) in [5.74, 6) is 0.626. The Morgan fingerprint density at radius 3 is 2.89 bits per heavy atom. The summed E-state index contributed by atoms with van der Waals surface area (Å²) in [5, 5.41) is 11.4. The first kappa shape index (κ1) is 15.5. The number of aryl methyl sites for hydroxylation is 1. The van der Waals surface area contributed by atoms with Gasteiger partial charge in [0.25, 0.3) is 5.91 Å². The first-order valence-corrected chi connectivity index (χ1v) is 6.85. The van der Waals surface area contributed by atoms with Gasteiger partial charge in [-0.2, -0.15) is 0 Å². The van der Waals surface area contributed by atoms with Gasteiger partial charge in [0, 0.05) is 13.2 Å². The molecule has 0 fully saturated rings. The molecular weight excluding hydrogens is 242 g/mol. The first-order chi connectivity index (χ1) is 9.26. The molecule has 19 heavy (non-hydrogen) atoms. The van der Waals surface area contributed by atoms with Gasteiger partial charge in [-0.1, -0.05) is 19.1 Å². The van der Waals surface area contributed by atoms with Crippen LogP contribution in [0.3, 0.4) is 0 Å². The van der Waals surface area contributed by atoms with Crippen LogP contribution >= 0.6 is 0 Å². The summed E-state index contributed by atoms with van der Waals surface area (Å²) in [7, 11) is 0. The molecular formula is C15H23NO3. The van der Waals surface area contributed by atoms with Gasteiger partial charge < -0.3 is 15.2 Å². The maximum atomic E-state index is 11.5. The number of carbonyl (C=O) groups excluding carboxylic acids is 1. The molecule has 4 heteroatoms. The van der Waals surface area contributed by atoms with Crippen molar-refractivity contribution >= 4 is 5.91 Å². The maximum Gasteiger partial charge on any atom is 0.257 e. The number of benzene rings is 1. The van der Waals surface area contributed by atoms with Crippen LogP contribution < -0.4 is 10.1 Å². The topological polar surface area (TPSA) is 58.6 Å². The number of aliphatic hydroxyl groups excluding tert-OH is 1. The van der Waals surface area contributed by atoms with Crippen molar-refractivity contribution in [2.75, 3.05) is 19.8 Å². The minimum Gasteiger partial charge on any atom is -0.484 e. The molecule has 0 atom stereocenters. The third-order valence-corrected chi connectivity index (χ3v) is 2.83. The van der Waals surface area contributed by atoms with E-state index in [0.29, 0.717) is 6.54 Å². The molecule has 1 aromatic rings. The van der Waals surface area contributed by atoms with Crippen LogP contribution in [0.25, 0.3) is 0 Å². The van der Waals surface area contributed by atoms with Crippen LogP contribution in [0.5, 0.6) is 5.75 Å². The molecule has 0 saturated heterocycles. The molecule has 2 N–H and O–H groups in total. The summed E-state index contributed by atoms with van der Waals surface area (Å²) < 4.78 is 5.44. The molecule has 0 aliphatic rings.